The Balaban J connectivity index is 2.02. The van der Waals surface area contributed by atoms with Gasteiger partial charge in [0.2, 0.25) is 0 Å². The minimum atomic E-state index is -2.87. The van der Waals surface area contributed by atoms with Gasteiger partial charge >= 0.3 is 0 Å². The molecule has 1 saturated heterocycles. The molecule has 1 aliphatic carbocycles. The van der Waals surface area contributed by atoms with Crippen LogP contribution in [0.15, 0.2) is 4.99 Å². The molecule has 0 spiro atoms. The summed E-state index contributed by atoms with van der Waals surface area (Å²) in [5.41, 5.74) is 2.61. The van der Waals surface area contributed by atoms with E-state index in [4.69, 9.17) is 5.84 Å². The summed E-state index contributed by atoms with van der Waals surface area (Å²) < 4.78 is 22.9. The summed E-state index contributed by atoms with van der Waals surface area (Å²) in [6.45, 7) is 0. The van der Waals surface area contributed by atoms with Gasteiger partial charge in [-0.25, -0.2) is 14.3 Å². The van der Waals surface area contributed by atoms with Crippen LogP contribution in [0.4, 0.5) is 0 Å². The second kappa shape index (κ2) is 5.35. The predicted octanol–water partition coefficient (Wildman–Crippen LogP) is 0.616. The van der Waals surface area contributed by atoms with Crippen molar-refractivity contribution in [3.63, 3.8) is 0 Å². The summed E-state index contributed by atoms with van der Waals surface area (Å²) in [4.78, 5) is 4.62. The van der Waals surface area contributed by atoms with Crippen LogP contribution in [0.3, 0.4) is 0 Å². The summed E-state index contributed by atoms with van der Waals surface area (Å²) >= 11 is 0. The van der Waals surface area contributed by atoms with Gasteiger partial charge in [-0.1, -0.05) is 19.3 Å². The van der Waals surface area contributed by atoms with Crippen LogP contribution in [0.25, 0.3) is 0 Å². The fourth-order valence-electron chi connectivity index (χ4n) is 2.68. The number of aliphatic imine (C=N–C) groups is 1. The van der Waals surface area contributed by atoms with Crippen LogP contribution in [0.1, 0.15) is 38.5 Å². The van der Waals surface area contributed by atoms with E-state index in [1.165, 1.54) is 19.3 Å². The van der Waals surface area contributed by atoms with Gasteiger partial charge in [0.15, 0.2) is 9.84 Å². The third-order valence-corrected chi connectivity index (χ3v) is 5.43. The van der Waals surface area contributed by atoms with E-state index in [0.717, 1.165) is 12.8 Å². The molecule has 2 aliphatic rings. The fraction of sp³-hybridized carbons (Fsp3) is 0.909. The van der Waals surface area contributed by atoms with E-state index in [-0.39, 0.29) is 17.4 Å². The number of nitrogens with two attached hydrogens (primary N) is 1. The lowest BCUT2D eigenvalue weighted by atomic mass is 9.95. The number of rotatable bonds is 2. The SMILES string of the molecule is NNC(=NC1CCCCC1)C1CCS(=O)(=O)C1. The molecule has 0 amide bonds. The molecule has 1 atom stereocenters. The van der Waals surface area contributed by atoms with Gasteiger partial charge in [0.25, 0.3) is 0 Å². The molecule has 1 unspecified atom stereocenters. The van der Waals surface area contributed by atoms with E-state index in [1.807, 2.05) is 0 Å². The van der Waals surface area contributed by atoms with E-state index in [2.05, 4.69) is 10.4 Å². The normalized spacial score (nSPS) is 30.4. The van der Waals surface area contributed by atoms with Gasteiger partial charge in [-0.05, 0) is 19.3 Å². The highest BCUT2D eigenvalue weighted by Gasteiger charge is 2.31. The summed E-state index contributed by atoms with van der Waals surface area (Å²) in [7, 11) is -2.87. The number of nitrogens with zero attached hydrogens (tertiary/aromatic N) is 1. The highest BCUT2D eigenvalue weighted by Crippen LogP contribution is 2.23. The van der Waals surface area contributed by atoms with Crippen molar-refractivity contribution in [1.29, 1.82) is 0 Å². The molecule has 2 fully saturated rings. The smallest absolute Gasteiger partial charge is 0.151 e. The number of hydrazine groups is 1. The van der Waals surface area contributed by atoms with Gasteiger partial charge in [0, 0.05) is 5.92 Å². The predicted molar refractivity (Wildman–Crippen MR) is 68.4 cm³/mol. The molecule has 5 nitrogen and oxygen atoms in total. The molecule has 3 N–H and O–H groups in total. The Morgan fingerprint density at radius 3 is 2.41 bits per heavy atom. The lowest BCUT2D eigenvalue weighted by molar-refractivity contribution is 0.440. The van der Waals surface area contributed by atoms with E-state index in [9.17, 15) is 8.42 Å². The average Bonchev–Trinajstić information content (AvgIpc) is 2.68. The molecule has 0 aromatic rings. The van der Waals surface area contributed by atoms with Crippen LogP contribution in [-0.4, -0.2) is 31.8 Å². The minimum absolute atomic E-state index is 0.0214. The van der Waals surface area contributed by atoms with Crippen molar-refractivity contribution < 1.29 is 8.42 Å². The second-order valence-electron chi connectivity index (χ2n) is 5.05. The molecule has 0 radical (unpaired) electrons. The van der Waals surface area contributed by atoms with Crippen LogP contribution in [0.5, 0.6) is 0 Å². The molecular formula is C11H21N3O2S. The lowest BCUT2D eigenvalue weighted by Gasteiger charge is -2.20. The Morgan fingerprint density at radius 1 is 1.18 bits per heavy atom. The van der Waals surface area contributed by atoms with E-state index < -0.39 is 9.84 Å². The third-order valence-electron chi connectivity index (χ3n) is 3.66. The van der Waals surface area contributed by atoms with Crippen LogP contribution in [0, 0.1) is 5.92 Å². The second-order valence-corrected chi connectivity index (χ2v) is 7.28. The zero-order chi connectivity index (χ0) is 12.3. The van der Waals surface area contributed by atoms with Gasteiger partial charge in [-0.3, -0.25) is 4.99 Å². The van der Waals surface area contributed by atoms with Gasteiger partial charge in [-0.2, -0.15) is 0 Å². The maximum absolute atomic E-state index is 11.4. The van der Waals surface area contributed by atoms with Gasteiger partial charge in [-0.15, -0.1) is 0 Å². The van der Waals surface area contributed by atoms with Crippen molar-refractivity contribution in [3.8, 4) is 0 Å². The first kappa shape index (κ1) is 12.8. The number of sulfone groups is 1. The Kier molecular flexibility index (Phi) is 4.04. The molecule has 1 saturated carbocycles. The first-order chi connectivity index (χ1) is 8.11. The maximum atomic E-state index is 11.4. The molecule has 1 heterocycles. The molecule has 2 rings (SSSR count). The molecule has 17 heavy (non-hydrogen) atoms. The van der Waals surface area contributed by atoms with E-state index in [1.54, 1.807) is 0 Å². The molecular weight excluding hydrogens is 238 g/mol. The zero-order valence-corrected chi connectivity index (χ0v) is 10.9. The highest BCUT2D eigenvalue weighted by atomic mass is 32.2. The van der Waals surface area contributed by atoms with Crippen LogP contribution >= 0.6 is 0 Å². The van der Waals surface area contributed by atoms with Crippen molar-refractivity contribution in [2.75, 3.05) is 11.5 Å². The summed E-state index contributed by atoms with van der Waals surface area (Å²) in [5, 5.41) is 0. The zero-order valence-electron chi connectivity index (χ0n) is 10.1. The van der Waals surface area contributed by atoms with Gasteiger partial charge in [0.05, 0.1) is 17.5 Å². The first-order valence-corrected chi connectivity index (χ1v) is 8.17. The standard InChI is InChI=1S/C11H21N3O2S/c12-14-11(9-6-7-17(15,16)8-9)13-10-4-2-1-3-5-10/h9-10H,1-8,12H2,(H,13,14). The van der Waals surface area contributed by atoms with E-state index in [0.29, 0.717) is 18.3 Å². The average molecular weight is 259 g/mol. The Bertz CT molecular complexity index is 386. The van der Waals surface area contributed by atoms with Crippen LogP contribution < -0.4 is 11.3 Å². The summed E-state index contributed by atoms with van der Waals surface area (Å²) in [6, 6.07) is 0.332. The highest BCUT2D eigenvalue weighted by molar-refractivity contribution is 7.91. The fourth-order valence-corrected chi connectivity index (χ4v) is 4.43. The minimum Gasteiger partial charge on any atom is -0.312 e. The molecule has 0 aromatic carbocycles. The summed E-state index contributed by atoms with van der Waals surface area (Å²) in [6.07, 6.45) is 6.58. The topological polar surface area (TPSA) is 84.5 Å². The lowest BCUT2D eigenvalue weighted by Crippen LogP contribution is -2.38. The van der Waals surface area contributed by atoms with E-state index >= 15 is 0 Å². The van der Waals surface area contributed by atoms with Crippen molar-refractivity contribution in [3.05, 3.63) is 0 Å². The Labute approximate surface area is 103 Å². The number of nitrogens with one attached hydrogen (secondary N) is 1. The Hall–Kier alpha value is -0.620. The molecule has 0 aromatic heterocycles. The molecule has 0 bridgehead atoms. The largest absolute Gasteiger partial charge is 0.312 e. The quantitative estimate of drug-likeness (QED) is 0.329. The molecule has 6 heteroatoms. The van der Waals surface area contributed by atoms with Crippen molar-refractivity contribution >= 4 is 15.7 Å². The van der Waals surface area contributed by atoms with Gasteiger partial charge in [0.1, 0.15) is 5.84 Å². The molecule has 1 aliphatic heterocycles. The maximum Gasteiger partial charge on any atom is 0.151 e. The number of amidine groups is 1. The van der Waals surface area contributed by atoms with Crippen molar-refractivity contribution in [1.82, 2.24) is 5.43 Å². The first-order valence-electron chi connectivity index (χ1n) is 6.35. The monoisotopic (exact) mass is 259 g/mol. The van der Waals surface area contributed by atoms with Crippen molar-refractivity contribution in [2.24, 2.45) is 16.8 Å². The van der Waals surface area contributed by atoms with Crippen molar-refractivity contribution in [2.45, 2.75) is 44.6 Å². The van der Waals surface area contributed by atoms with Gasteiger partial charge < -0.3 is 5.43 Å². The van der Waals surface area contributed by atoms with Crippen LogP contribution in [-0.2, 0) is 9.84 Å². The number of hydrogen-bond acceptors (Lipinski definition) is 4. The summed E-state index contributed by atoms with van der Waals surface area (Å²) in [5.74, 6) is 6.62. The third kappa shape index (κ3) is 3.42. The number of hydrogen-bond donors (Lipinski definition) is 2. The Morgan fingerprint density at radius 2 is 1.88 bits per heavy atom. The van der Waals surface area contributed by atoms with Crippen LogP contribution in [0.2, 0.25) is 0 Å². The molecule has 98 valence electrons.